The molecule has 1 nitrogen and oxygen atoms in total. The molecule has 0 aliphatic carbocycles. The van der Waals surface area contributed by atoms with Crippen molar-refractivity contribution in [2.24, 2.45) is 0 Å². The van der Waals surface area contributed by atoms with E-state index >= 15 is 0 Å². The molecule has 0 bridgehead atoms. The molecule has 0 amide bonds. The summed E-state index contributed by atoms with van der Waals surface area (Å²) in [7, 11) is 0. The van der Waals surface area contributed by atoms with Crippen LogP contribution in [0.2, 0.25) is 0 Å². The second kappa shape index (κ2) is 11.4. The van der Waals surface area contributed by atoms with Gasteiger partial charge in [0, 0.05) is 41.7 Å². The predicted molar refractivity (Wildman–Crippen MR) is 233 cm³/mol. The van der Waals surface area contributed by atoms with Gasteiger partial charge >= 0.3 is 0 Å². The molecule has 2 heterocycles. The van der Waals surface area contributed by atoms with E-state index in [1.165, 1.54) is 107 Å². The molecule has 0 aliphatic rings. The van der Waals surface area contributed by atoms with Crippen molar-refractivity contribution in [3.8, 4) is 33.4 Å². The molecule has 0 N–H and O–H groups in total. The fourth-order valence-electron chi connectivity index (χ4n) is 9.03. The standard InChI is InChI=1S/C52H30OS/c1-2-13-32-28-36(25-24-31(32)12-1)48-39-18-5-3-16-37(39)47(38-17-4-6-19-40(38)48)35-15-11-14-33(29-35)34-26-27-44-46(30-34)54-52-42-21-8-7-20-41(42)51-49(50(44)52)43-22-9-10-23-45(43)53-51/h1-30H. The van der Waals surface area contributed by atoms with Gasteiger partial charge in [0.05, 0.1) is 0 Å². The molecular formula is C52H30OS. The number of furan rings is 1. The summed E-state index contributed by atoms with van der Waals surface area (Å²) >= 11 is 1.89. The van der Waals surface area contributed by atoms with Gasteiger partial charge in [0.2, 0.25) is 0 Å². The van der Waals surface area contributed by atoms with Gasteiger partial charge in [0.25, 0.3) is 0 Å². The smallest absolute Gasteiger partial charge is 0.143 e. The molecule has 2 heteroatoms. The Morgan fingerprint density at radius 1 is 0.333 bits per heavy atom. The lowest BCUT2D eigenvalue weighted by atomic mass is 9.85. The second-order valence-electron chi connectivity index (χ2n) is 14.3. The van der Waals surface area contributed by atoms with E-state index in [0.717, 1.165) is 11.2 Å². The van der Waals surface area contributed by atoms with Gasteiger partial charge in [0.15, 0.2) is 0 Å². The summed E-state index contributed by atoms with van der Waals surface area (Å²) in [5.41, 5.74) is 9.36. The van der Waals surface area contributed by atoms with Crippen LogP contribution >= 0.6 is 11.3 Å². The van der Waals surface area contributed by atoms with Crippen molar-refractivity contribution >= 4 is 96.5 Å². The maximum atomic E-state index is 6.56. The number of hydrogen-bond donors (Lipinski definition) is 0. The zero-order chi connectivity index (χ0) is 35.3. The highest BCUT2D eigenvalue weighted by Gasteiger charge is 2.21. The lowest BCUT2D eigenvalue weighted by molar-refractivity contribution is 0.673. The minimum atomic E-state index is 0.934. The zero-order valence-corrected chi connectivity index (χ0v) is 30.0. The fourth-order valence-corrected chi connectivity index (χ4v) is 10.3. The molecule has 0 aliphatic heterocycles. The Labute approximate surface area is 314 Å². The summed E-state index contributed by atoms with van der Waals surface area (Å²) in [5.74, 6) is 0. The van der Waals surface area contributed by atoms with Crippen molar-refractivity contribution in [2.75, 3.05) is 0 Å². The number of thiophene rings is 1. The highest BCUT2D eigenvalue weighted by atomic mass is 32.1. The number of rotatable bonds is 3. The van der Waals surface area contributed by atoms with Crippen LogP contribution in [-0.4, -0.2) is 0 Å². The molecular weight excluding hydrogens is 673 g/mol. The quantitative estimate of drug-likeness (QED) is 0.167. The zero-order valence-electron chi connectivity index (χ0n) is 29.1. The van der Waals surface area contributed by atoms with Gasteiger partial charge < -0.3 is 4.42 Å². The molecule has 0 unspecified atom stereocenters. The van der Waals surface area contributed by atoms with Crippen LogP contribution in [0.3, 0.4) is 0 Å². The van der Waals surface area contributed by atoms with E-state index in [4.69, 9.17) is 4.42 Å². The van der Waals surface area contributed by atoms with Gasteiger partial charge in [-0.25, -0.2) is 0 Å². The van der Waals surface area contributed by atoms with Crippen molar-refractivity contribution in [3.05, 3.63) is 182 Å². The molecule has 0 atom stereocenters. The van der Waals surface area contributed by atoms with E-state index in [2.05, 4.69) is 182 Å². The van der Waals surface area contributed by atoms with E-state index < -0.39 is 0 Å². The van der Waals surface area contributed by atoms with Gasteiger partial charge in [0.1, 0.15) is 11.2 Å². The second-order valence-corrected chi connectivity index (χ2v) is 15.4. The average Bonchev–Trinajstić information content (AvgIpc) is 3.81. The molecule has 12 rings (SSSR count). The Morgan fingerprint density at radius 2 is 0.889 bits per heavy atom. The Morgan fingerprint density at radius 3 is 1.63 bits per heavy atom. The monoisotopic (exact) mass is 702 g/mol. The lowest BCUT2D eigenvalue weighted by Gasteiger charge is -2.18. The van der Waals surface area contributed by atoms with Crippen LogP contribution in [0.15, 0.2) is 186 Å². The number of hydrogen-bond acceptors (Lipinski definition) is 2. The van der Waals surface area contributed by atoms with E-state index in [1.807, 2.05) is 11.3 Å². The fraction of sp³-hybridized carbons (Fsp3) is 0. The van der Waals surface area contributed by atoms with Gasteiger partial charge in [-0.15, -0.1) is 11.3 Å². The SMILES string of the molecule is c1cc(-c2ccc3c(c2)sc2c4ccccc4c4oc5ccccc5c4c32)cc(-c2c3ccccc3c(-c3ccc4ccccc4c3)c3ccccc23)c1. The summed E-state index contributed by atoms with van der Waals surface area (Å²) in [6.45, 7) is 0. The Kier molecular flexibility index (Phi) is 6.28. The molecule has 0 radical (unpaired) electrons. The van der Waals surface area contributed by atoms with Crippen molar-refractivity contribution in [3.63, 3.8) is 0 Å². The van der Waals surface area contributed by atoms with Crippen LogP contribution in [-0.2, 0) is 0 Å². The van der Waals surface area contributed by atoms with Crippen LogP contribution in [0.4, 0.5) is 0 Å². The van der Waals surface area contributed by atoms with Crippen LogP contribution in [0.5, 0.6) is 0 Å². The first-order valence-electron chi connectivity index (χ1n) is 18.5. The maximum absolute atomic E-state index is 6.56. The van der Waals surface area contributed by atoms with Crippen LogP contribution in [0.1, 0.15) is 0 Å². The van der Waals surface area contributed by atoms with E-state index in [0.29, 0.717) is 0 Å². The third kappa shape index (κ3) is 4.26. The normalized spacial score (nSPS) is 12.1. The number of para-hydroxylation sites is 1. The van der Waals surface area contributed by atoms with Crippen molar-refractivity contribution in [1.82, 2.24) is 0 Å². The highest BCUT2D eigenvalue weighted by molar-refractivity contribution is 7.27. The first-order chi connectivity index (χ1) is 26.8. The molecule has 2 aromatic heterocycles. The Balaban J connectivity index is 1.07. The molecule has 0 saturated heterocycles. The number of fused-ring (bicyclic) bond motifs is 13. The topological polar surface area (TPSA) is 13.1 Å². The summed E-state index contributed by atoms with van der Waals surface area (Å²) in [6.07, 6.45) is 0. The largest absolute Gasteiger partial charge is 0.455 e. The minimum absolute atomic E-state index is 0.934. The minimum Gasteiger partial charge on any atom is -0.455 e. The molecule has 10 aromatic carbocycles. The van der Waals surface area contributed by atoms with Gasteiger partial charge in [-0.1, -0.05) is 158 Å². The predicted octanol–water partition coefficient (Wildman–Crippen LogP) is 15.6. The van der Waals surface area contributed by atoms with Crippen molar-refractivity contribution < 1.29 is 4.42 Å². The molecule has 0 fully saturated rings. The summed E-state index contributed by atoms with van der Waals surface area (Å²) in [5, 5.41) is 14.9. The summed E-state index contributed by atoms with van der Waals surface area (Å²) in [6, 6.07) is 66.7. The number of benzene rings is 10. The van der Waals surface area contributed by atoms with Gasteiger partial charge in [-0.2, -0.15) is 0 Å². The molecule has 0 spiro atoms. The Hall–Kier alpha value is -6.74. The molecule has 54 heavy (non-hydrogen) atoms. The molecule has 0 saturated carbocycles. The molecule has 250 valence electrons. The summed E-state index contributed by atoms with van der Waals surface area (Å²) < 4.78 is 9.15. The van der Waals surface area contributed by atoms with Crippen molar-refractivity contribution in [1.29, 1.82) is 0 Å². The van der Waals surface area contributed by atoms with E-state index in [-0.39, 0.29) is 0 Å². The first-order valence-corrected chi connectivity index (χ1v) is 19.3. The van der Waals surface area contributed by atoms with E-state index in [1.54, 1.807) is 0 Å². The average molecular weight is 703 g/mol. The van der Waals surface area contributed by atoms with Gasteiger partial charge in [-0.05, 0) is 90.0 Å². The van der Waals surface area contributed by atoms with Gasteiger partial charge in [-0.3, -0.25) is 0 Å². The van der Waals surface area contributed by atoms with Crippen LogP contribution < -0.4 is 0 Å². The third-order valence-corrected chi connectivity index (χ3v) is 12.6. The van der Waals surface area contributed by atoms with Crippen LogP contribution in [0, 0.1) is 0 Å². The summed E-state index contributed by atoms with van der Waals surface area (Å²) in [4.78, 5) is 0. The first kappa shape index (κ1) is 29.8. The third-order valence-electron chi connectivity index (χ3n) is 11.4. The lowest BCUT2D eigenvalue weighted by Crippen LogP contribution is -1.91. The maximum Gasteiger partial charge on any atom is 0.143 e. The molecule has 12 aromatic rings. The highest BCUT2D eigenvalue weighted by Crippen LogP contribution is 2.49. The van der Waals surface area contributed by atoms with Crippen molar-refractivity contribution in [2.45, 2.75) is 0 Å². The van der Waals surface area contributed by atoms with E-state index in [9.17, 15) is 0 Å². The Bertz CT molecular complexity index is 3450. The van der Waals surface area contributed by atoms with Crippen LogP contribution in [0.25, 0.3) is 119 Å².